The van der Waals surface area contributed by atoms with Crippen LogP contribution >= 0.6 is 34.8 Å². The molecule has 0 aliphatic heterocycles. The zero-order valence-electron chi connectivity index (χ0n) is 12.7. The van der Waals surface area contributed by atoms with E-state index in [1.54, 1.807) is 24.5 Å². The number of fused-ring (bicyclic) bond motifs is 3. The van der Waals surface area contributed by atoms with Gasteiger partial charge in [-0.05, 0) is 30.3 Å². The predicted molar refractivity (Wildman–Crippen MR) is 101 cm³/mol. The molecule has 4 nitrogen and oxygen atoms in total. The van der Waals surface area contributed by atoms with Gasteiger partial charge in [0.2, 0.25) is 0 Å². The maximum Gasteiger partial charge on any atom is 0.138 e. The number of nitrogens with zero attached hydrogens (tertiary/aromatic N) is 4. The summed E-state index contributed by atoms with van der Waals surface area (Å²) in [6.07, 6.45) is 3.46. The highest BCUT2D eigenvalue weighted by atomic mass is 35.5. The van der Waals surface area contributed by atoms with Crippen molar-refractivity contribution < 1.29 is 0 Å². The fraction of sp³-hybridized carbons (Fsp3) is 0.0556. The Balaban J connectivity index is 2.20. The third-order valence-electron chi connectivity index (χ3n) is 4.06. The van der Waals surface area contributed by atoms with Crippen LogP contribution in [0.1, 0.15) is 0 Å². The van der Waals surface area contributed by atoms with Crippen molar-refractivity contribution in [3.8, 4) is 17.2 Å². The van der Waals surface area contributed by atoms with Crippen LogP contribution in [0.3, 0.4) is 0 Å². The smallest absolute Gasteiger partial charge is 0.138 e. The Kier molecular flexibility index (Phi) is 4.01. The number of pyridine rings is 2. The maximum atomic E-state index is 9.29. The molecule has 0 aliphatic carbocycles. The van der Waals surface area contributed by atoms with Crippen LogP contribution in [0.4, 0.5) is 0 Å². The molecule has 0 saturated heterocycles. The van der Waals surface area contributed by atoms with Crippen LogP contribution in [0.5, 0.6) is 0 Å². The highest BCUT2D eigenvalue weighted by molar-refractivity contribution is 6.36. The summed E-state index contributed by atoms with van der Waals surface area (Å²) >= 11 is 18.6. The van der Waals surface area contributed by atoms with E-state index in [0.717, 1.165) is 27.4 Å². The van der Waals surface area contributed by atoms with E-state index in [4.69, 9.17) is 34.8 Å². The molecule has 0 saturated carbocycles. The fourth-order valence-electron chi connectivity index (χ4n) is 3.10. The lowest BCUT2D eigenvalue weighted by Gasteiger charge is -2.10. The van der Waals surface area contributed by atoms with E-state index in [9.17, 15) is 5.26 Å². The molecule has 3 heterocycles. The van der Waals surface area contributed by atoms with Gasteiger partial charge in [0, 0.05) is 33.1 Å². The predicted octanol–water partition coefficient (Wildman–Crippen LogP) is 5.74. The van der Waals surface area contributed by atoms with Crippen LogP contribution in [0.25, 0.3) is 32.9 Å². The second-order valence-corrected chi connectivity index (χ2v) is 6.64. The van der Waals surface area contributed by atoms with E-state index in [0.29, 0.717) is 15.7 Å². The van der Waals surface area contributed by atoms with Gasteiger partial charge in [-0.1, -0.05) is 34.8 Å². The second-order valence-electron chi connectivity index (χ2n) is 5.46. The SMILES string of the molecule is N#CCn1c2cnccc2c2cc(Cl)cc(-c3ccc(Cl)nc3Cl)c21. The number of rotatable bonds is 2. The van der Waals surface area contributed by atoms with Crippen molar-refractivity contribution in [2.24, 2.45) is 0 Å². The number of aromatic nitrogens is 3. The normalized spacial score (nSPS) is 11.1. The molecule has 1 aromatic carbocycles. The molecule has 4 aromatic rings. The van der Waals surface area contributed by atoms with Gasteiger partial charge in [-0.3, -0.25) is 4.98 Å². The third kappa shape index (κ3) is 2.61. The van der Waals surface area contributed by atoms with Gasteiger partial charge >= 0.3 is 0 Å². The molecule has 0 unspecified atom stereocenters. The van der Waals surface area contributed by atoms with Crippen molar-refractivity contribution in [3.05, 3.63) is 58.1 Å². The molecule has 3 aromatic heterocycles. The fourth-order valence-corrected chi connectivity index (χ4v) is 3.76. The molecule has 0 amide bonds. The first-order chi connectivity index (χ1) is 12.1. The topological polar surface area (TPSA) is 54.5 Å². The summed E-state index contributed by atoms with van der Waals surface area (Å²) in [6.45, 7) is 0.180. The molecule has 0 fully saturated rings. The monoisotopic (exact) mass is 386 g/mol. The number of hydrogen-bond donors (Lipinski definition) is 0. The Morgan fingerprint density at radius 2 is 1.88 bits per heavy atom. The third-order valence-corrected chi connectivity index (χ3v) is 4.78. The summed E-state index contributed by atoms with van der Waals surface area (Å²) in [5.74, 6) is 0. The van der Waals surface area contributed by atoms with E-state index in [-0.39, 0.29) is 11.7 Å². The summed E-state index contributed by atoms with van der Waals surface area (Å²) in [4.78, 5) is 8.30. The molecule has 25 heavy (non-hydrogen) atoms. The summed E-state index contributed by atoms with van der Waals surface area (Å²) in [5.41, 5.74) is 3.22. The van der Waals surface area contributed by atoms with E-state index < -0.39 is 0 Å². The van der Waals surface area contributed by atoms with E-state index >= 15 is 0 Å². The number of hydrogen-bond acceptors (Lipinski definition) is 3. The van der Waals surface area contributed by atoms with E-state index in [1.165, 1.54) is 0 Å². The molecule has 0 aliphatic rings. The Labute approximate surface area is 158 Å². The molecule has 0 spiro atoms. The minimum atomic E-state index is 0.180. The van der Waals surface area contributed by atoms with Gasteiger partial charge in [0.15, 0.2) is 0 Å². The van der Waals surface area contributed by atoms with Crippen molar-refractivity contribution in [1.82, 2.24) is 14.5 Å². The lowest BCUT2D eigenvalue weighted by Crippen LogP contribution is -1.97. The second kappa shape index (κ2) is 6.20. The average Bonchev–Trinajstić information content (AvgIpc) is 2.89. The van der Waals surface area contributed by atoms with Gasteiger partial charge in [-0.2, -0.15) is 5.26 Å². The van der Waals surface area contributed by atoms with Crippen LogP contribution in [-0.2, 0) is 6.54 Å². The first-order valence-electron chi connectivity index (χ1n) is 7.35. The van der Waals surface area contributed by atoms with Gasteiger partial charge in [0.1, 0.15) is 16.9 Å². The van der Waals surface area contributed by atoms with Crippen molar-refractivity contribution in [2.75, 3.05) is 0 Å². The van der Waals surface area contributed by atoms with E-state index in [1.807, 2.05) is 22.8 Å². The Bertz CT molecular complexity index is 1170. The molecule has 0 radical (unpaired) electrons. The Hall–Kier alpha value is -2.32. The summed E-state index contributed by atoms with van der Waals surface area (Å²) in [7, 11) is 0. The molecule has 0 N–H and O–H groups in total. The molecule has 122 valence electrons. The number of halogens is 3. The van der Waals surface area contributed by atoms with E-state index in [2.05, 4.69) is 16.0 Å². The lowest BCUT2D eigenvalue weighted by molar-refractivity contribution is 0.908. The van der Waals surface area contributed by atoms with Crippen molar-refractivity contribution in [3.63, 3.8) is 0 Å². The number of benzene rings is 1. The maximum absolute atomic E-state index is 9.29. The largest absolute Gasteiger partial charge is 0.325 e. The zero-order valence-corrected chi connectivity index (χ0v) is 14.9. The average molecular weight is 388 g/mol. The molecular formula is C18H9Cl3N4. The summed E-state index contributed by atoms with van der Waals surface area (Å²) < 4.78 is 1.91. The highest BCUT2D eigenvalue weighted by Crippen LogP contribution is 2.40. The molecular weight excluding hydrogens is 379 g/mol. The van der Waals surface area contributed by atoms with Crippen LogP contribution < -0.4 is 0 Å². The van der Waals surface area contributed by atoms with Crippen LogP contribution in [0.2, 0.25) is 15.3 Å². The zero-order chi connectivity index (χ0) is 17.6. The minimum absolute atomic E-state index is 0.180. The van der Waals surface area contributed by atoms with Gasteiger partial charge in [0.05, 0.1) is 23.3 Å². The van der Waals surface area contributed by atoms with Gasteiger partial charge < -0.3 is 4.57 Å². The minimum Gasteiger partial charge on any atom is -0.325 e. The Morgan fingerprint density at radius 3 is 2.64 bits per heavy atom. The Morgan fingerprint density at radius 1 is 1.04 bits per heavy atom. The van der Waals surface area contributed by atoms with Crippen LogP contribution in [0.15, 0.2) is 42.7 Å². The van der Waals surface area contributed by atoms with Gasteiger partial charge in [-0.25, -0.2) is 4.98 Å². The quantitative estimate of drug-likeness (QED) is 0.412. The number of nitriles is 1. The summed E-state index contributed by atoms with van der Waals surface area (Å²) in [5, 5.41) is 12.4. The van der Waals surface area contributed by atoms with Gasteiger partial charge in [-0.15, -0.1) is 0 Å². The summed E-state index contributed by atoms with van der Waals surface area (Å²) in [6, 6.07) is 11.3. The van der Waals surface area contributed by atoms with Gasteiger partial charge in [0.25, 0.3) is 0 Å². The molecule has 4 rings (SSSR count). The first-order valence-corrected chi connectivity index (χ1v) is 8.48. The molecule has 0 atom stereocenters. The lowest BCUT2D eigenvalue weighted by atomic mass is 10.0. The van der Waals surface area contributed by atoms with Crippen LogP contribution in [-0.4, -0.2) is 14.5 Å². The van der Waals surface area contributed by atoms with Crippen molar-refractivity contribution >= 4 is 56.6 Å². The molecule has 0 bridgehead atoms. The van der Waals surface area contributed by atoms with Crippen molar-refractivity contribution in [1.29, 1.82) is 5.26 Å². The van der Waals surface area contributed by atoms with Crippen molar-refractivity contribution in [2.45, 2.75) is 6.54 Å². The highest BCUT2D eigenvalue weighted by Gasteiger charge is 2.18. The van der Waals surface area contributed by atoms with Crippen LogP contribution in [0, 0.1) is 11.3 Å². The first kappa shape index (κ1) is 16.2. The molecule has 7 heteroatoms. The standard InChI is InChI=1S/C18H9Cl3N4/c19-10-7-13-11-3-5-23-9-15(11)25(6-4-22)17(13)14(8-10)12-1-2-16(20)24-18(12)21/h1-3,5,7-9H,6H2.